The first kappa shape index (κ1) is 24.0. The highest BCUT2D eigenvalue weighted by atomic mass is 35.5. The number of amides is 1. The molecule has 0 aliphatic rings. The van der Waals surface area contributed by atoms with Crippen LogP contribution < -0.4 is 4.90 Å². The van der Waals surface area contributed by atoms with Gasteiger partial charge in [-0.2, -0.15) is 0 Å². The Morgan fingerprint density at radius 1 is 1.10 bits per heavy atom. The maximum Gasteiger partial charge on any atom is 0.229 e. The van der Waals surface area contributed by atoms with Crippen molar-refractivity contribution in [3.05, 3.63) is 53.6 Å². The van der Waals surface area contributed by atoms with E-state index in [1.807, 2.05) is 55.4 Å². The van der Waals surface area contributed by atoms with E-state index in [-0.39, 0.29) is 18.3 Å². The Labute approximate surface area is 191 Å². The Kier molecular flexibility index (Phi) is 9.72. The lowest BCUT2D eigenvalue weighted by Crippen LogP contribution is -2.33. The van der Waals surface area contributed by atoms with Gasteiger partial charge in [-0.15, -0.1) is 24.2 Å². The predicted molar refractivity (Wildman–Crippen MR) is 129 cm³/mol. The Bertz CT molecular complexity index is 919. The molecule has 0 saturated carbocycles. The molecule has 3 aromatic rings. The van der Waals surface area contributed by atoms with Crippen LogP contribution in [0.5, 0.6) is 0 Å². The zero-order valence-corrected chi connectivity index (χ0v) is 19.7. The van der Waals surface area contributed by atoms with Crippen molar-refractivity contribution in [2.45, 2.75) is 17.7 Å². The number of anilines is 1. The Morgan fingerprint density at radius 2 is 1.86 bits per heavy atom. The molecule has 0 saturated heterocycles. The first-order valence-electron chi connectivity index (χ1n) is 9.22. The molecule has 156 valence electrons. The molecule has 4 nitrogen and oxygen atoms in total. The summed E-state index contributed by atoms with van der Waals surface area (Å²) >= 11 is 9.51. The lowest BCUT2D eigenvalue weighted by atomic mass is 10.3. The number of halogens is 2. The standard InChI is InChI=1S/C21H24ClN3OS2.ClH/c1-24(2)13-7-14-25(19(26)12-15-27-16-8-4-3-5-9-16)21-23-20-17(22)10-6-11-18(20)28-21;/h3-6,8-11H,7,12-15H2,1-2H3;1H. The quantitative estimate of drug-likeness (QED) is 0.368. The van der Waals surface area contributed by atoms with Crippen molar-refractivity contribution < 1.29 is 4.79 Å². The SMILES string of the molecule is CN(C)CCCN(C(=O)CCSc1ccccc1)c1nc2c(Cl)cccc2s1.Cl. The second-order valence-electron chi connectivity index (χ2n) is 6.70. The minimum Gasteiger partial charge on any atom is -0.309 e. The molecule has 2 aromatic carbocycles. The summed E-state index contributed by atoms with van der Waals surface area (Å²) in [5.74, 6) is 0.857. The van der Waals surface area contributed by atoms with Crippen LogP contribution in [0.2, 0.25) is 5.02 Å². The van der Waals surface area contributed by atoms with E-state index in [9.17, 15) is 4.79 Å². The van der Waals surface area contributed by atoms with Crippen molar-refractivity contribution in [1.82, 2.24) is 9.88 Å². The van der Waals surface area contributed by atoms with Crippen LogP contribution in [-0.2, 0) is 4.79 Å². The van der Waals surface area contributed by atoms with Crippen LogP contribution in [0.4, 0.5) is 5.13 Å². The molecule has 1 aromatic heterocycles. The number of aromatic nitrogens is 1. The van der Waals surface area contributed by atoms with Gasteiger partial charge in [0.25, 0.3) is 0 Å². The van der Waals surface area contributed by atoms with Crippen LogP contribution in [0.15, 0.2) is 53.4 Å². The summed E-state index contributed by atoms with van der Waals surface area (Å²) in [4.78, 5) is 22.8. The summed E-state index contributed by atoms with van der Waals surface area (Å²) in [6, 6.07) is 15.9. The van der Waals surface area contributed by atoms with E-state index in [1.165, 1.54) is 16.2 Å². The smallest absolute Gasteiger partial charge is 0.229 e. The fourth-order valence-electron chi connectivity index (χ4n) is 2.80. The number of thioether (sulfide) groups is 1. The van der Waals surface area contributed by atoms with Gasteiger partial charge in [-0.25, -0.2) is 4.98 Å². The molecule has 0 radical (unpaired) electrons. The van der Waals surface area contributed by atoms with Gasteiger partial charge in [0.2, 0.25) is 5.91 Å². The molecule has 3 rings (SSSR count). The third-order valence-electron chi connectivity index (χ3n) is 4.21. The third kappa shape index (κ3) is 6.86. The number of carbonyl (C=O) groups is 1. The van der Waals surface area contributed by atoms with E-state index in [2.05, 4.69) is 22.0 Å². The van der Waals surface area contributed by atoms with Gasteiger partial charge in [0, 0.05) is 23.6 Å². The minimum atomic E-state index is 0. The number of para-hydroxylation sites is 1. The van der Waals surface area contributed by atoms with E-state index in [0.717, 1.165) is 34.1 Å². The van der Waals surface area contributed by atoms with Gasteiger partial charge < -0.3 is 4.90 Å². The molecular formula is C21H25Cl2N3OS2. The monoisotopic (exact) mass is 469 g/mol. The van der Waals surface area contributed by atoms with Crippen LogP contribution in [-0.4, -0.2) is 48.7 Å². The van der Waals surface area contributed by atoms with Crippen LogP contribution in [0.25, 0.3) is 10.2 Å². The van der Waals surface area contributed by atoms with Crippen LogP contribution in [0.1, 0.15) is 12.8 Å². The number of thiazole rings is 1. The lowest BCUT2D eigenvalue weighted by Gasteiger charge is -2.21. The summed E-state index contributed by atoms with van der Waals surface area (Å²) in [5, 5.41) is 1.36. The predicted octanol–water partition coefficient (Wildman–Crippen LogP) is 5.84. The molecular weight excluding hydrogens is 445 g/mol. The molecule has 0 unspecified atom stereocenters. The van der Waals surface area contributed by atoms with E-state index in [0.29, 0.717) is 18.0 Å². The van der Waals surface area contributed by atoms with Gasteiger partial charge >= 0.3 is 0 Å². The van der Waals surface area contributed by atoms with Crippen molar-refractivity contribution in [2.24, 2.45) is 0 Å². The number of hydrogen-bond donors (Lipinski definition) is 0. The summed E-state index contributed by atoms with van der Waals surface area (Å²) in [6.45, 7) is 1.58. The van der Waals surface area contributed by atoms with Gasteiger partial charge in [-0.05, 0) is 51.3 Å². The highest BCUT2D eigenvalue weighted by Crippen LogP contribution is 2.33. The molecule has 0 spiro atoms. The number of benzene rings is 2. The Balaban J connectivity index is 0.00000300. The van der Waals surface area contributed by atoms with Crippen molar-refractivity contribution in [2.75, 3.05) is 37.8 Å². The van der Waals surface area contributed by atoms with E-state index >= 15 is 0 Å². The summed E-state index contributed by atoms with van der Waals surface area (Å²) in [6.07, 6.45) is 1.37. The third-order valence-corrected chi connectivity index (χ3v) is 6.57. The maximum absolute atomic E-state index is 13.0. The lowest BCUT2D eigenvalue weighted by molar-refractivity contribution is -0.118. The topological polar surface area (TPSA) is 36.4 Å². The molecule has 0 aliphatic heterocycles. The van der Waals surface area contributed by atoms with E-state index in [4.69, 9.17) is 11.6 Å². The molecule has 1 heterocycles. The molecule has 29 heavy (non-hydrogen) atoms. The Hall–Kier alpha value is -1.31. The second-order valence-corrected chi connectivity index (χ2v) is 9.28. The number of fused-ring (bicyclic) bond motifs is 1. The van der Waals surface area contributed by atoms with Crippen LogP contribution in [0, 0.1) is 0 Å². The fraction of sp³-hybridized carbons (Fsp3) is 0.333. The van der Waals surface area contributed by atoms with Crippen LogP contribution >= 0.6 is 47.1 Å². The van der Waals surface area contributed by atoms with Gasteiger partial charge in [0.1, 0.15) is 5.52 Å². The van der Waals surface area contributed by atoms with Crippen molar-refractivity contribution in [1.29, 1.82) is 0 Å². The number of rotatable bonds is 9. The van der Waals surface area contributed by atoms with Crippen molar-refractivity contribution >= 4 is 68.4 Å². The fourth-order valence-corrected chi connectivity index (χ4v) is 4.97. The zero-order valence-electron chi connectivity index (χ0n) is 16.5. The molecule has 8 heteroatoms. The molecule has 0 bridgehead atoms. The molecule has 0 fully saturated rings. The van der Waals surface area contributed by atoms with Gasteiger partial charge in [-0.3, -0.25) is 9.69 Å². The summed E-state index contributed by atoms with van der Waals surface area (Å²) < 4.78 is 1.01. The number of hydrogen-bond acceptors (Lipinski definition) is 5. The highest BCUT2D eigenvalue weighted by molar-refractivity contribution is 7.99. The summed E-state index contributed by atoms with van der Waals surface area (Å²) in [5.41, 5.74) is 0.772. The first-order chi connectivity index (χ1) is 13.5. The average Bonchev–Trinajstić information content (AvgIpc) is 3.11. The largest absolute Gasteiger partial charge is 0.309 e. The minimum absolute atomic E-state index is 0. The average molecular weight is 470 g/mol. The molecule has 0 atom stereocenters. The maximum atomic E-state index is 13.0. The van der Waals surface area contributed by atoms with Gasteiger partial charge in [-0.1, -0.05) is 47.2 Å². The highest BCUT2D eigenvalue weighted by Gasteiger charge is 2.20. The van der Waals surface area contributed by atoms with Crippen LogP contribution in [0.3, 0.4) is 0 Å². The Morgan fingerprint density at radius 3 is 2.55 bits per heavy atom. The van der Waals surface area contributed by atoms with E-state index in [1.54, 1.807) is 11.8 Å². The second kappa shape index (κ2) is 11.8. The zero-order chi connectivity index (χ0) is 19.9. The summed E-state index contributed by atoms with van der Waals surface area (Å²) in [7, 11) is 4.08. The molecule has 1 amide bonds. The van der Waals surface area contributed by atoms with Gasteiger partial charge in [0.05, 0.1) is 9.72 Å². The first-order valence-corrected chi connectivity index (χ1v) is 11.4. The number of carbonyl (C=O) groups excluding carboxylic acids is 1. The van der Waals surface area contributed by atoms with Crippen molar-refractivity contribution in [3.8, 4) is 0 Å². The molecule has 0 aliphatic carbocycles. The van der Waals surface area contributed by atoms with E-state index < -0.39 is 0 Å². The molecule has 0 N–H and O–H groups in total. The number of nitrogens with zero attached hydrogens (tertiary/aromatic N) is 3. The van der Waals surface area contributed by atoms with Crippen molar-refractivity contribution in [3.63, 3.8) is 0 Å². The van der Waals surface area contributed by atoms with Gasteiger partial charge in [0.15, 0.2) is 5.13 Å². The normalized spacial score (nSPS) is 10.9.